The lowest BCUT2D eigenvalue weighted by molar-refractivity contribution is -0.113. The lowest BCUT2D eigenvalue weighted by atomic mass is 10.1. The average Bonchev–Trinajstić information content (AvgIpc) is 2.50. The number of amides is 1. The summed E-state index contributed by atoms with van der Waals surface area (Å²) in [5, 5.41) is 4.14. The van der Waals surface area contributed by atoms with E-state index < -0.39 is 0 Å². The van der Waals surface area contributed by atoms with Gasteiger partial charge in [-0.1, -0.05) is 11.6 Å². The molecular formula is C16H23ClN2O2S. The van der Waals surface area contributed by atoms with Gasteiger partial charge in [0.15, 0.2) is 0 Å². The molecule has 2 rings (SSSR count). The molecule has 0 bridgehead atoms. The molecule has 0 radical (unpaired) electrons. The molecule has 1 saturated heterocycles. The number of rotatable bonds is 5. The molecule has 122 valence electrons. The molecule has 4 nitrogen and oxygen atoms in total. The molecule has 1 aliphatic rings. The van der Waals surface area contributed by atoms with E-state index in [1.807, 2.05) is 13.0 Å². The Hall–Kier alpha value is -0.910. The number of anilines is 1. The van der Waals surface area contributed by atoms with Crippen LogP contribution in [-0.2, 0) is 4.79 Å². The zero-order valence-electron chi connectivity index (χ0n) is 13.3. The molecule has 0 aliphatic carbocycles. The number of benzene rings is 1. The molecule has 1 N–H and O–H groups in total. The molecule has 1 aromatic carbocycles. The molecular weight excluding hydrogens is 320 g/mol. The van der Waals surface area contributed by atoms with Crippen molar-refractivity contribution >= 4 is 35.0 Å². The molecule has 0 aromatic heterocycles. The fraction of sp³-hybridized carbons (Fsp3) is 0.562. The highest BCUT2D eigenvalue weighted by molar-refractivity contribution is 8.00. The van der Waals surface area contributed by atoms with Crippen LogP contribution in [0.25, 0.3) is 0 Å². The summed E-state index contributed by atoms with van der Waals surface area (Å²) in [5.74, 6) is 1.07. The van der Waals surface area contributed by atoms with Crippen molar-refractivity contribution in [1.29, 1.82) is 0 Å². The highest BCUT2D eigenvalue weighted by atomic mass is 35.5. The van der Waals surface area contributed by atoms with Crippen LogP contribution in [0.3, 0.4) is 0 Å². The first-order valence-corrected chi connectivity index (χ1v) is 8.86. The Morgan fingerprint density at radius 3 is 2.77 bits per heavy atom. The molecule has 22 heavy (non-hydrogen) atoms. The summed E-state index contributed by atoms with van der Waals surface area (Å²) in [6.45, 7) is 4.14. The molecule has 1 amide bonds. The number of likely N-dealkylation sites (tertiary alicyclic amines) is 1. The summed E-state index contributed by atoms with van der Waals surface area (Å²) >= 11 is 7.82. The van der Waals surface area contributed by atoms with Crippen molar-refractivity contribution < 1.29 is 9.53 Å². The Morgan fingerprint density at radius 1 is 1.45 bits per heavy atom. The third-order valence-electron chi connectivity index (χ3n) is 3.87. The minimum atomic E-state index is 0.00366. The van der Waals surface area contributed by atoms with Crippen LogP contribution in [0.4, 0.5) is 5.69 Å². The second kappa shape index (κ2) is 8.09. The van der Waals surface area contributed by atoms with Crippen molar-refractivity contribution in [3.63, 3.8) is 0 Å². The second-order valence-electron chi connectivity index (χ2n) is 5.66. The molecule has 1 heterocycles. The second-order valence-corrected chi connectivity index (χ2v) is 7.36. The smallest absolute Gasteiger partial charge is 0.234 e. The van der Waals surface area contributed by atoms with Gasteiger partial charge in [0.2, 0.25) is 5.91 Å². The zero-order valence-corrected chi connectivity index (χ0v) is 14.9. The number of hydrogen-bond donors (Lipinski definition) is 1. The number of aryl methyl sites for hydroxylation is 1. The minimum Gasteiger partial charge on any atom is -0.495 e. The number of nitrogens with one attached hydrogen (secondary N) is 1. The summed E-state index contributed by atoms with van der Waals surface area (Å²) < 4.78 is 5.28. The lowest BCUT2D eigenvalue weighted by Gasteiger charge is -2.28. The summed E-state index contributed by atoms with van der Waals surface area (Å²) in [6.07, 6.45) is 2.30. The van der Waals surface area contributed by atoms with Gasteiger partial charge in [0.1, 0.15) is 5.75 Å². The lowest BCUT2D eigenvalue weighted by Crippen LogP contribution is -2.32. The van der Waals surface area contributed by atoms with Crippen LogP contribution < -0.4 is 10.1 Å². The largest absolute Gasteiger partial charge is 0.495 e. The predicted molar refractivity (Wildman–Crippen MR) is 94.3 cm³/mol. The van der Waals surface area contributed by atoms with E-state index in [9.17, 15) is 4.79 Å². The summed E-state index contributed by atoms with van der Waals surface area (Å²) in [6, 6.07) is 3.58. The Kier molecular flexibility index (Phi) is 6.41. The third-order valence-corrected chi connectivity index (χ3v) is 5.65. The number of carbonyl (C=O) groups is 1. The van der Waals surface area contributed by atoms with Crippen LogP contribution >= 0.6 is 23.4 Å². The third kappa shape index (κ3) is 4.80. The number of methoxy groups -OCH3 is 1. The number of halogens is 1. The highest BCUT2D eigenvalue weighted by Gasteiger charge is 2.18. The predicted octanol–water partition coefficient (Wildman–Crippen LogP) is 3.42. The molecule has 0 unspecified atom stereocenters. The number of carbonyl (C=O) groups excluding carboxylic acids is 1. The first kappa shape index (κ1) is 17.4. The minimum absolute atomic E-state index is 0.00366. The quantitative estimate of drug-likeness (QED) is 0.890. The van der Waals surface area contributed by atoms with Crippen LogP contribution in [-0.4, -0.2) is 49.1 Å². The number of nitrogens with zero attached hydrogens (tertiary/aromatic N) is 1. The van der Waals surface area contributed by atoms with Crippen LogP contribution in [0.2, 0.25) is 5.02 Å². The van der Waals surface area contributed by atoms with E-state index in [1.165, 1.54) is 0 Å². The first-order valence-electron chi connectivity index (χ1n) is 7.43. The Labute approximate surface area is 141 Å². The highest BCUT2D eigenvalue weighted by Crippen LogP contribution is 2.31. The standard InChI is InChI=1S/C16H23ClN2O2S/c1-11-8-14(15(21-3)9-13(11)17)18-16(20)10-22-12-4-6-19(2)7-5-12/h8-9,12H,4-7,10H2,1-3H3,(H,18,20). The van der Waals surface area contributed by atoms with Gasteiger partial charge in [-0.3, -0.25) is 4.79 Å². The molecule has 1 fully saturated rings. The summed E-state index contributed by atoms with van der Waals surface area (Å²) in [4.78, 5) is 14.5. The van der Waals surface area contributed by atoms with Crippen molar-refractivity contribution in [2.45, 2.75) is 25.0 Å². The molecule has 6 heteroatoms. The maximum Gasteiger partial charge on any atom is 0.234 e. The van der Waals surface area contributed by atoms with Gasteiger partial charge in [0.05, 0.1) is 18.6 Å². The van der Waals surface area contributed by atoms with Gasteiger partial charge in [-0.25, -0.2) is 0 Å². The molecule has 1 aliphatic heterocycles. The van der Waals surface area contributed by atoms with Crippen molar-refractivity contribution in [2.75, 3.05) is 38.3 Å². The van der Waals surface area contributed by atoms with Gasteiger partial charge in [0.25, 0.3) is 0 Å². The van der Waals surface area contributed by atoms with E-state index in [0.29, 0.717) is 27.5 Å². The topological polar surface area (TPSA) is 41.6 Å². The van der Waals surface area contributed by atoms with E-state index in [2.05, 4.69) is 17.3 Å². The first-order chi connectivity index (χ1) is 10.5. The Bertz CT molecular complexity index is 531. The molecule has 0 atom stereocenters. The number of hydrogen-bond acceptors (Lipinski definition) is 4. The Morgan fingerprint density at radius 2 is 2.14 bits per heavy atom. The van der Waals surface area contributed by atoms with E-state index in [4.69, 9.17) is 16.3 Å². The van der Waals surface area contributed by atoms with Crippen molar-refractivity contribution in [3.05, 3.63) is 22.7 Å². The van der Waals surface area contributed by atoms with Gasteiger partial charge in [-0.15, -0.1) is 11.8 Å². The maximum atomic E-state index is 12.2. The van der Waals surface area contributed by atoms with Crippen LogP contribution in [0.5, 0.6) is 5.75 Å². The van der Waals surface area contributed by atoms with Crippen molar-refractivity contribution in [3.8, 4) is 5.75 Å². The SMILES string of the molecule is COc1cc(Cl)c(C)cc1NC(=O)CSC1CCN(C)CC1. The maximum absolute atomic E-state index is 12.2. The van der Waals surface area contributed by atoms with Gasteiger partial charge < -0.3 is 15.0 Å². The average molecular weight is 343 g/mol. The number of ether oxygens (including phenoxy) is 1. The monoisotopic (exact) mass is 342 g/mol. The molecule has 0 spiro atoms. The van der Waals surface area contributed by atoms with Gasteiger partial charge in [0, 0.05) is 16.3 Å². The normalized spacial score (nSPS) is 16.5. The van der Waals surface area contributed by atoms with E-state index in [0.717, 1.165) is 31.5 Å². The van der Waals surface area contributed by atoms with E-state index in [-0.39, 0.29) is 5.91 Å². The van der Waals surface area contributed by atoms with Crippen LogP contribution in [0, 0.1) is 6.92 Å². The number of piperidine rings is 1. The Balaban J connectivity index is 1.88. The fourth-order valence-corrected chi connectivity index (χ4v) is 3.62. The summed E-state index contributed by atoms with van der Waals surface area (Å²) in [5.41, 5.74) is 1.60. The van der Waals surface area contributed by atoms with Crippen LogP contribution in [0.1, 0.15) is 18.4 Å². The van der Waals surface area contributed by atoms with Gasteiger partial charge in [-0.05, 0) is 51.5 Å². The van der Waals surface area contributed by atoms with E-state index >= 15 is 0 Å². The van der Waals surface area contributed by atoms with Gasteiger partial charge in [-0.2, -0.15) is 0 Å². The van der Waals surface area contributed by atoms with Crippen molar-refractivity contribution in [2.24, 2.45) is 0 Å². The van der Waals surface area contributed by atoms with Crippen molar-refractivity contribution in [1.82, 2.24) is 4.90 Å². The molecule has 1 aromatic rings. The molecule has 0 saturated carbocycles. The van der Waals surface area contributed by atoms with E-state index in [1.54, 1.807) is 24.9 Å². The van der Waals surface area contributed by atoms with Crippen LogP contribution in [0.15, 0.2) is 12.1 Å². The van der Waals surface area contributed by atoms with Gasteiger partial charge >= 0.3 is 0 Å². The summed E-state index contributed by atoms with van der Waals surface area (Å²) in [7, 11) is 3.71. The number of thioether (sulfide) groups is 1. The fourth-order valence-electron chi connectivity index (χ4n) is 2.46. The zero-order chi connectivity index (χ0) is 16.1.